The summed E-state index contributed by atoms with van der Waals surface area (Å²) in [5.41, 5.74) is 0. The van der Waals surface area contributed by atoms with Crippen molar-refractivity contribution < 1.29 is 46.8 Å². The number of quaternary nitrogens is 1. The molecule has 0 aromatic rings. The van der Waals surface area contributed by atoms with Crippen LogP contribution in [0.4, 0.5) is 0 Å². The fraction of sp³-hybridized carbons (Fsp3) is 0.773. The number of esters is 2. The standard InChI is InChI=1S/C44H78NO9P/c1-6-8-9-10-11-12-13-15-19-22-25-28-31-34-43(46)50-38-40(39-52-55(48,49)51-37-36-45(3,4)5)53-44(47)35-32-29-26-23-20-17-14-16-18-21-24-27-30-33-42-41(7-2)54-42/h14,17-18,21,23,26-27,30,40-42H,6-13,15-16,19-20,22,24-25,28-29,31-39H2,1-5H3/p+1/b17-14-,21-18-,26-23-,30-27-. The van der Waals surface area contributed by atoms with Crippen molar-refractivity contribution in [3.8, 4) is 0 Å². The van der Waals surface area contributed by atoms with Gasteiger partial charge in [0.05, 0.1) is 40.0 Å². The van der Waals surface area contributed by atoms with Gasteiger partial charge in [0, 0.05) is 12.8 Å². The van der Waals surface area contributed by atoms with Crippen molar-refractivity contribution in [2.75, 3.05) is 47.5 Å². The number of phosphoric acid groups is 1. The van der Waals surface area contributed by atoms with Crippen LogP contribution in [0.25, 0.3) is 0 Å². The molecule has 1 aliphatic rings. The van der Waals surface area contributed by atoms with Crippen LogP contribution in [-0.2, 0) is 37.4 Å². The summed E-state index contributed by atoms with van der Waals surface area (Å²) in [6.07, 6.45) is 39.3. The summed E-state index contributed by atoms with van der Waals surface area (Å²) in [5.74, 6) is -0.871. The lowest BCUT2D eigenvalue weighted by Gasteiger charge is -2.24. The lowest BCUT2D eigenvalue weighted by atomic mass is 10.0. The molecule has 0 aromatic heterocycles. The number of unbranched alkanes of at least 4 members (excludes halogenated alkanes) is 13. The maximum Gasteiger partial charge on any atom is 0.472 e. The van der Waals surface area contributed by atoms with E-state index in [4.69, 9.17) is 23.3 Å². The maximum absolute atomic E-state index is 12.7. The molecule has 1 aliphatic heterocycles. The first kappa shape index (κ1) is 50.9. The molecule has 0 saturated carbocycles. The predicted octanol–water partition coefficient (Wildman–Crippen LogP) is 10.9. The second-order valence-electron chi connectivity index (χ2n) is 15.7. The first-order valence-electron chi connectivity index (χ1n) is 21.5. The first-order valence-corrected chi connectivity index (χ1v) is 23.0. The van der Waals surface area contributed by atoms with E-state index in [1.54, 1.807) is 0 Å². The van der Waals surface area contributed by atoms with E-state index in [1.165, 1.54) is 64.2 Å². The molecule has 4 unspecified atom stereocenters. The molecule has 318 valence electrons. The summed E-state index contributed by atoms with van der Waals surface area (Å²) in [4.78, 5) is 35.3. The number of carbonyl (C=O) groups excluding carboxylic acids is 2. The zero-order chi connectivity index (χ0) is 40.5. The third kappa shape index (κ3) is 33.8. The Morgan fingerprint density at radius 2 is 1.20 bits per heavy atom. The van der Waals surface area contributed by atoms with Crippen molar-refractivity contribution in [2.24, 2.45) is 0 Å². The Balaban J connectivity index is 2.32. The number of phosphoric ester groups is 1. The fourth-order valence-electron chi connectivity index (χ4n) is 5.82. The van der Waals surface area contributed by atoms with E-state index in [1.807, 2.05) is 27.2 Å². The zero-order valence-corrected chi connectivity index (χ0v) is 36.2. The summed E-state index contributed by atoms with van der Waals surface area (Å²) in [6.45, 7) is 4.24. The Morgan fingerprint density at radius 3 is 1.75 bits per heavy atom. The van der Waals surface area contributed by atoms with Crippen molar-refractivity contribution in [3.05, 3.63) is 48.6 Å². The van der Waals surface area contributed by atoms with Gasteiger partial charge >= 0.3 is 19.8 Å². The minimum atomic E-state index is -4.39. The van der Waals surface area contributed by atoms with Crippen LogP contribution in [-0.4, -0.2) is 87.1 Å². The smallest absolute Gasteiger partial charge is 0.462 e. The number of epoxide rings is 1. The van der Waals surface area contributed by atoms with E-state index in [0.717, 1.165) is 51.4 Å². The van der Waals surface area contributed by atoms with Crippen LogP contribution in [0, 0.1) is 0 Å². The van der Waals surface area contributed by atoms with Gasteiger partial charge in [-0.15, -0.1) is 0 Å². The number of allylic oxidation sites excluding steroid dienone is 7. The number of hydrogen-bond donors (Lipinski definition) is 1. The van der Waals surface area contributed by atoms with Crippen LogP contribution in [0.3, 0.4) is 0 Å². The van der Waals surface area contributed by atoms with Gasteiger partial charge in [-0.25, -0.2) is 4.57 Å². The van der Waals surface area contributed by atoms with Gasteiger partial charge in [-0.2, -0.15) is 0 Å². The predicted molar refractivity (Wildman–Crippen MR) is 224 cm³/mol. The maximum atomic E-state index is 12.7. The van der Waals surface area contributed by atoms with Gasteiger partial charge in [0.2, 0.25) is 0 Å². The molecule has 11 heteroatoms. The number of nitrogens with zero attached hydrogens (tertiary/aromatic N) is 1. The van der Waals surface area contributed by atoms with E-state index in [9.17, 15) is 19.0 Å². The lowest BCUT2D eigenvalue weighted by molar-refractivity contribution is -0.870. The second-order valence-corrected chi connectivity index (χ2v) is 17.2. The van der Waals surface area contributed by atoms with Crippen molar-refractivity contribution in [1.82, 2.24) is 0 Å². The quantitative estimate of drug-likeness (QED) is 0.0163. The molecule has 0 spiro atoms. The highest BCUT2D eigenvalue weighted by molar-refractivity contribution is 7.47. The number of carbonyl (C=O) groups is 2. The molecule has 0 amide bonds. The average molecular weight is 797 g/mol. The van der Waals surface area contributed by atoms with Crippen LogP contribution in [0.1, 0.15) is 155 Å². The number of likely N-dealkylation sites (N-methyl/N-ethyl adjacent to an activating group) is 1. The van der Waals surface area contributed by atoms with E-state index < -0.39 is 26.5 Å². The SMILES string of the molecule is CCCCCCCCCCCCCCCC(=O)OCC(COP(=O)(O)OCC[N+](C)(C)C)OC(=O)CCC/C=C\C/C=C\C/C=C\C/C=C\CC1OC1CC. The molecule has 10 nitrogen and oxygen atoms in total. The summed E-state index contributed by atoms with van der Waals surface area (Å²) in [5, 5.41) is 0. The van der Waals surface area contributed by atoms with Crippen molar-refractivity contribution in [2.45, 2.75) is 173 Å². The van der Waals surface area contributed by atoms with Gasteiger partial charge in [0.15, 0.2) is 6.10 Å². The van der Waals surface area contributed by atoms with Gasteiger partial charge in [-0.05, 0) is 51.4 Å². The molecule has 0 bridgehead atoms. The molecule has 1 heterocycles. The molecule has 1 saturated heterocycles. The number of hydrogen-bond acceptors (Lipinski definition) is 8. The fourth-order valence-corrected chi connectivity index (χ4v) is 6.56. The first-order chi connectivity index (χ1) is 26.5. The van der Waals surface area contributed by atoms with Crippen molar-refractivity contribution in [1.29, 1.82) is 0 Å². The summed E-state index contributed by atoms with van der Waals surface area (Å²) >= 11 is 0. The summed E-state index contributed by atoms with van der Waals surface area (Å²) < 4.78 is 39.7. The topological polar surface area (TPSA) is 121 Å². The highest BCUT2D eigenvalue weighted by Crippen LogP contribution is 2.43. The molecular formula is C44H79NO9P+. The highest BCUT2D eigenvalue weighted by Gasteiger charge is 2.35. The van der Waals surface area contributed by atoms with Crippen LogP contribution in [0.15, 0.2) is 48.6 Å². The lowest BCUT2D eigenvalue weighted by Crippen LogP contribution is -2.37. The molecule has 1 N–H and O–H groups in total. The average Bonchev–Trinajstić information content (AvgIpc) is 3.91. The Morgan fingerprint density at radius 1 is 0.673 bits per heavy atom. The molecule has 4 atom stereocenters. The normalized spacial score (nSPS) is 17.8. The van der Waals surface area contributed by atoms with E-state index >= 15 is 0 Å². The minimum Gasteiger partial charge on any atom is -0.462 e. The number of ether oxygens (including phenoxy) is 3. The molecule has 55 heavy (non-hydrogen) atoms. The highest BCUT2D eigenvalue weighted by atomic mass is 31.2. The van der Waals surface area contributed by atoms with Crippen LogP contribution in [0.5, 0.6) is 0 Å². The number of rotatable bonds is 37. The molecule has 0 radical (unpaired) electrons. The van der Waals surface area contributed by atoms with E-state index in [2.05, 4.69) is 56.4 Å². The summed E-state index contributed by atoms with van der Waals surface area (Å²) in [7, 11) is 1.43. The Labute approximate surface area is 335 Å². The third-order valence-electron chi connectivity index (χ3n) is 9.35. The zero-order valence-electron chi connectivity index (χ0n) is 35.3. The molecule has 0 aliphatic carbocycles. The van der Waals surface area contributed by atoms with Gasteiger partial charge < -0.3 is 23.6 Å². The molecule has 1 rings (SSSR count). The van der Waals surface area contributed by atoms with Crippen molar-refractivity contribution in [3.63, 3.8) is 0 Å². The third-order valence-corrected chi connectivity index (χ3v) is 10.3. The van der Waals surface area contributed by atoms with Gasteiger partial charge in [-0.1, -0.05) is 140 Å². The van der Waals surface area contributed by atoms with Gasteiger partial charge in [-0.3, -0.25) is 18.6 Å². The van der Waals surface area contributed by atoms with Gasteiger partial charge in [0.25, 0.3) is 0 Å². The Bertz CT molecular complexity index is 1150. The molecular weight excluding hydrogens is 717 g/mol. The van der Waals surface area contributed by atoms with Gasteiger partial charge in [0.1, 0.15) is 19.8 Å². The largest absolute Gasteiger partial charge is 0.472 e. The second kappa shape index (κ2) is 33.0. The van der Waals surface area contributed by atoms with E-state index in [-0.39, 0.29) is 32.0 Å². The molecule has 1 fully saturated rings. The summed E-state index contributed by atoms with van der Waals surface area (Å²) in [6, 6.07) is 0. The monoisotopic (exact) mass is 797 g/mol. The Kier molecular flexibility index (Phi) is 30.5. The van der Waals surface area contributed by atoms with Crippen molar-refractivity contribution >= 4 is 19.8 Å². The van der Waals surface area contributed by atoms with Crippen LogP contribution >= 0.6 is 7.82 Å². The molecule has 0 aromatic carbocycles. The minimum absolute atomic E-state index is 0.0185. The van der Waals surface area contributed by atoms with E-state index in [0.29, 0.717) is 36.1 Å². The van der Waals surface area contributed by atoms with Crippen LogP contribution < -0.4 is 0 Å². The Hall–Kier alpha value is -2.07. The van der Waals surface area contributed by atoms with Crippen LogP contribution in [0.2, 0.25) is 0 Å².